The molecule has 0 heterocycles. The highest BCUT2D eigenvalue weighted by Gasteiger charge is 2.12. The lowest BCUT2D eigenvalue weighted by atomic mass is 10.1. The summed E-state index contributed by atoms with van der Waals surface area (Å²) in [6.45, 7) is 2.91. The second-order valence-electron chi connectivity index (χ2n) is 4.16. The Labute approximate surface area is 97.3 Å². The van der Waals surface area contributed by atoms with Crippen molar-refractivity contribution in [1.29, 1.82) is 0 Å². The predicted molar refractivity (Wildman–Crippen MR) is 64.0 cm³/mol. The largest absolute Gasteiger partial charge is 0.395 e. The minimum Gasteiger partial charge on any atom is -0.395 e. The number of nitrogens with zero attached hydrogens (tertiary/aromatic N) is 1. The molecule has 0 aliphatic heterocycles. The lowest BCUT2D eigenvalue weighted by Crippen LogP contribution is -2.39. The maximum absolute atomic E-state index is 11.6. The molecule has 1 aliphatic carbocycles. The number of likely N-dealkylation sites (N-methyl/N-ethyl adjacent to an activating group) is 1. The number of rotatable bonds is 5. The zero-order valence-electron chi connectivity index (χ0n) is 9.98. The molecule has 1 rings (SSSR count). The summed E-state index contributed by atoms with van der Waals surface area (Å²) in [7, 11) is 0. The molecule has 1 fully saturated rings. The van der Waals surface area contributed by atoms with Crippen molar-refractivity contribution in [3.63, 3.8) is 0 Å². The summed E-state index contributed by atoms with van der Waals surface area (Å²) in [4.78, 5) is 13.2. The molecule has 1 saturated carbocycles. The van der Waals surface area contributed by atoms with Gasteiger partial charge in [-0.1, -0.05) is 18.9 Å². The number of carbonyl (C=O) groups excluding carboxylic acids is 1. The molecular weight excluding hydrogens is 204 g/mol. The molecule has 0 unspecified atom stereocenters. The van der Waals surface area contributed by atoms with Gasteiger partial charge in [0.2, 0.25) is 0 Å². The summed E-state index contributed by atoms with van der Waals surface area (Å²) in [5, 5.41) is 11.5. The van der Waals surface area contributed by atoms with Crippen LogP contribution in [-0.4, -0.2) is 35.7 Å². The van der Waals surface area contributed by atoms with Crippen LogP contribution in [0.15, 0.2) is 12.3 Å². The summed E-state index contributed by atoms with van der Waals surface area (Å²) < 4.78 is 0. The Balaban J connectivity index is 2.26. The highest BCUT2D eigenvalue weighted by atomic mass is 16.3. The van der Waals surface area contributed by atoms with Gasteiger partial charge in [-0.25, -0.2) is 4.79 Å². The monoisotopic (exact) mass is 226 g/mol. The average Bonchev–Trinajstić information content (AvgIpc) is 2.78. The molecule has 1 aliphatic rings. The van der Waals surface area contributed by atoms with Crippen molar-refractivity contribution >= 4 is 6.03 Å². The van der Waals surface area contributed by atoms with Crippen LogP contribution in [0.4, 0.5) is 4.79 Å². The number of aliphatic hydroxyl groups excluding tert-OH is 1. The van der Waals surface area contributed by atoms with Crippen molar-refractivity contribution in [3.8, 4) is 0 Å². The van der Waals surface area contributed by atoms with Gasteiger partial charge in [0.05, 0.1) is 6.61 Å². The molecule has 0 saturated heterocycles. The summed E-state index contributed by atoms with van der Waals surface area (Å²) in [6.07, 6.45) is 8.90. The minimum atomic E-state index is -0.134. The molecule has 0 aromatic heterocycles. The first-order chi connectivity index (χ1) is 7.77. The predicted octanol–water partition coefficient (Wildman–Crippen LogP) is 1.71. The van der Waals surface area contributed by atoms with Crippen molar-refractivity contribution in [1.82, 2.24) is 10.2 Å². The van der Waals surface area contributed by atoms with E-state index in [-0.39, 0.29) is 12.6 Å². The van der Waals surface area contributed by atoms with E-state index in [1.165, 1.54) is 25.7 Å². The van der Waals surface area contributed by atoms with Gasteiger partial charge in [0.1, 0.15) is 0 Å². The Morgan fingerprint density at radius 3 is 2.75 bits per heavy atom. The topological polar surface area (TPSA) is 52.6 Å². The fourth-order valence-electron chi connectivity index (χ4n) is 2.02. The Bertz CT molecular complexity index is 235. The second kappa shape index (κ2) is 7.28. The van der Waals surface area contributed by atoms with E-state index in [0.717, 1.165) is 0 Å². The third kappa shape index (κ3) is 4.23. The maximum Gasteiger partial charge on any atom is 0.321 e. The molecular formula is C12H22N2O2. The average molecular weight is 226 g/mol. The van der Waals surface area contributed by atoms with Crippen LogP contribution in [0.5, 0.6) is 0 Å². The zero-order valence-corrected chi connectivity index (χ0v) is 9.98. The number of urea groups is 1. The fraction of sp³-hybridized carbons (Fsp3) is 0.750. The zero-order chi connectivity index (χ0) is 11.8. The number of amides is 2. The molecule has 0 spiro atoms. The Morgan fingerprint density at radius 2 is 2.19 bits per heavy atom. The van der Waals surface area contributed by atoms with Crippen molar-refractivity contribution in [2.75, 3.05) is 19.7 Å². The Hall–Kier alpha value is -1.03. The van der Waals surface area contributed by atoms with Gasteiger partial charge in [-0.2, -0.15) is 0 Å². The molecule has 2 N–H and O–H groups in total. The van der Waals surface area contributed by atoms with Crippen molar-refractivity contribution in [3.05, 3.63) is 12.3 Å². The standard InChI is InChI=1S/C12H22N2O2/c1-2-14(9-10-15)12(16)13-8-7-11-5-3-4-6-11/h7-8,11,15H,2-6,9-10H2,1H3,(H,13,16)/b8-7+. The van der Waals surface area contributed by atoms with Crippen molar-refractivity contribution in [2.24, 2.45) is 5.92 Å². The van der Waals surface area contributed by atoms with E-state index in [0.29, 0.717) is 19.0 Å². The van der Waals surface area contributed by atoms with E-state index in [1.807, 2.05) is 6.92 Å². The number of hydrogen-bond acceptors (Lipinski definition) is 2. The smallest absolute Gasteiger partial charge is 0.321 e. The van der Waals surface area contributed by atoms with Crippen molar-refractivity contribution in [2.45, 2.75) is 32.6 Å². The quantitative estimate of drug-likeness (QED) is 0.750. The molecule has 0 aromatic carbocycles. The summed E-state index contributed by atoms with van der Waals surface area (Å²) in [5.41, 5.74) is 0. The molecule has 16 heavy (non-hydrogen) atoms. The highest BCUT2D eigenvalue weighted by molar-refractivity contribution is 5.75. The van der Waals surface area contributed by atoms with Crippen LogP contribution in [0.2, 0.25) is 0 Å². The van der Waals surface area contributed by atoms with Gasteiger partial charge in [-0.3, -0.25) is 0 Å². The van der Waals surface area contributed by atoms with E-state index in [9.17, 15) is 4.79 Å². The van der Waals surface area contributed by atoms with Crippen LogP contribution in [0.1, 0.15) is 32.6 Å². The van der Waals surface area contributed by atoms with E-state index >= 15 is 0 Å². The third-order valence-corrected chi connectivity index (χ3v) is 3.01. The van der Waals surface area contributed by atoms with Crippen LogP contribution in [0, 0.1) is 5.92 Å². The van der Waals surface area contributed by atoms with E-state index in [1.54, 1.807) is 11.1 Å². The first kappa shape index (κ1) is 13.0. The molecule has 2 amide bonds. The lowest BCUT2D eigenvalue weighted by Gasteiger charge is -2.18. The molecule has 0 aromatic rings. The number of hydrogen-bond donors (Lipinski definition) is 2. The van der Waals surface area contributed by atoms with Crippen molar-refractivity contribution < 1.29 is 9.90 Å². The minimum absolute atomic E-state index is 0.00754. The van der Waals surface area contributed by atoms with Gasteiger partial charge in [-0.05, 0) is 25.7 Å². The molecule has 92 valence electrons. The number of carbonyl (C=O) groups is 1. The van der Waals surface area contributed by atoms with Crippen LogP contribution in [-0.2, 0) is 0 Å². The molecule has 4 heteroatoms. The third-order valence-electron chi connectivity index (χ3n) is 3.01. The van der Waals surface area contributed by atoms with Gasteiger partial charge in [0.25, 0.3) is 0 Å². The highest BCUT2D eigenvalue weighted by Crippen LogP contribution is 2.25. The van der Waals surface area contributed by atoms with Gasteiger partial charge >= 0.3 is 6.03 Å². The Morgan fingerprint density at radius 1 is 1.50 bits per heavy atom. The van der Waals surface area contributed by atoms with E-state index < -0.39 is 0 Å². The molecule has 0 bridgehead atoms. The second-order valence-corrected chi connectivity index (χ2v) is 4.16. The van der Waals surface area contributed by atoms with Gasteiger partial charge in [0.15, 0.2) is 0 Å². The van der Waals surface area contributed by atoms with Crippen LogP contribution < -0.4 is 5.32 Å². The summed E-state index contributed by atoms with van der Waals surface area (Å²) in [6, 6.07) is -0.134. The van der Waals surface area contributed by atoms with Gasteiger partial charge in [-0.15, -0.1) is 0 Å². The SMILES string of the molecule is CCN(CCO)C(=O)N/C=C/C1CCCC1. The van der Waals surface area contributed by atoms with Gasteiger partial charge in [0, 0.05) is 19.3 Å². The summed E-state index contributed by atoms with van der Waals surface area (Å²) >= 11 is 0. The van der Waals surface area contributed by atoms with E-state index in [4.69, 9.17) is 5.11 Å². The molecule has 0 radical (unpaired) electrons. The van der Waals surface area contributed by atoms with Crippen LogP contribution in [0.3, 0.4) is 0 Å². The molecule has 4 nitrogen and oxygen atoms in total. The number of aliphatic hydroxyl groups is 1. The van der Waals surface area contributed by atoms with Crippen LogP contribution >= 0.6 is 0 Å². The van der Waals surface area contributed by atoms with Crippen LogP contribution in [0.25, 0.3) is 0 Å². The fourth-order valence-corrected chi connectivity index (χ4v) is 2.02. The lowest BCUT2D eigenvalue weighted by molar-refractivity contribution is 0.183. The number of allylic oxidation sites excluding steroid dienone is 1. The van der Waals surface area contributed by atoms with Gasteiger partial charge < -0.3 is 15.3 Å². The first-order valence-electron chi connectivity index (χ1n) is 6.11. The Kier molecular flexibility index (Phi) is 5.93. The number of nitrogens with one attached hydrogen (secondary N) is 1. The maximum atomic E-state index is 11.6. The first-order valence-corrected chi connectivity index (χ1v) is 6.11. The molecule has 0 atom stereocenters. The van der Waals surface area contributed by atoms with E-state index in [2.05, 4.69) is 11.4 Å². The normalized spacial score (nSPS) is 16.9. The summed E-state index contributed by atoms with van der Waals surface area (Å²) in [5.74, 6) is 0.633.